The van der Waals surface area contributed by atoms with Gasteiger partial charge in [-0.2, -0.15) is 0 Å². The molecule has 16 heavy (non-hydrogen) atoms. The molecule has 1 aromatic carbocycles. The van der Waals surface area contributed by atoms with Crippen LogP contribution in [-0.4, -0.2) is 10.1 Å². The van der Waals surface area contributed by atoms with Crippen molar-refractivity contribution in [2.24, 2.45) is 0 Å². The van der Waals surface area contributed by atoms with E-state index in [1.165, 1.54) is 0 Å². The van der Waals surface area contributed by atoms with Gasteiger partial charge in [0, 0.05) is 16.2 Å². The third-order valence-electron chi connectivity index (χ3n) is 2.17. The number of nitrogens with zero attached hydrogens (tertiary/aromatic N) is 1. The number of hydrogen-bond donors (Lipinski definition) is 1. The normalized spacial score (nSPS) is 12.4. The molecule has 0 spiro atoms. The Balaban J connectivity index is 2.37. The van der Waals surface area contributed by atoms with Crippen LogP contribution in [0.2, 0.25) is 10.0 Å². The van der Waals surface area contributed by atoms with Crippen LogP contribution in [-0.2, 0) is 0 Å². The summed E-state index contributed by atoms with van der Waals surface area (Å²) in [6.45, 7) is 0. The highest BCUT2D eigenvalue weighted by Crippen LogP contribution is 2.26. The van der Waals surface area contributed by atoms with Gasteiger partial charge in [-0.25, -0.2) is 0 Å². The summed E-state index contributed by atoms with van der Waals surface area (Å²) in [5.41, 5.74) is 1.21. The third-order valence-corrected chi connectivity index (χ3v) is 2.60. The van der Waals surface area contributed by atoms with Crippen molar-refractivity contribution in [2.75, 3.05) is 0 Å². The van der Waals surface area contributed by atoms with Gasteiger partial charge in [-0.1, -0.05) is 29.3 Å². The van der Waals surface area contributed by atoms with Gasteiger partial charge in [-0.05, 0) is 35.9 Å². The number of hydrogen-bond acceptors (Lipinski definition) is 2. The van der Waals surface area contributed by atoms with E-state index in [-0.39, 0.29) is 0 Å². The first-order chi connectivity index (χ1) is 7.66. The van der Waals surface area contributed by atoms with Crippen molar-refractivity contribution in [1.82, 2.24) is 4.98 Å². The predicted octanol–water partition coefficient (Wildman–Crippen LogP) is 3.47. The molecule has 0 bridgehead atoms. The molecule has 2 nitrogen and oxygen atoms in total. The zero-order chi connectivity index (χ0) is 11.5. The highest BCUT2D eigenvalue weighted by molar-refractivity contribution is 6.34. The fourth-order valence-corrected chi connectivity index (χ4v) is 1.98. The first-order valence-corrected chi connectivity index (χ1v) is 5.47. The first-order valence-electron chi connectivity index (χ1n) is 4.72. The largest absolute Gasteiger partial charge is 0.382 e. The highest BCUT2D eigenvalue weighted by Gasteiger charge is 2.12. The number of aliphatic hydroxyl groups is 1. The number of benzene rings is 1. The van der Waals surface area contributed by atoms with E-state index in [0.717, 1.165) is 0 Å². The molecule has 0 unspecified atom stereocenters. The summed E-state index contributed by atoms with van der Waals surface area (Å²) < 4.78 is 0. The summed E-state index contributed by atoms with van der Waals surface area (Å²) in [5.74, 6) is 0. The number of aromatic nitrogens is 1. The molecule has 1 aromatic heterocycles. The van der Waals surface area contributed by atoms with Crippen molar-refractivity contribution in [1.29, 1.82) is 0 Å². The molecule has 2 rings (SSSR count). The van der Waals surface area contributed by atoms with Gasteiger partial charge in [0.15, 0.2) is 0 Å². The summed E-state index contributed by atoms with van der Waals surface area (Å²) in [6.07, 6.45) is 0.822. The number of aliphatic hydroxyl groups excluding tert-OH is 1. The lowest BCUT2D eigenvalue weighted by molar-refractivity contribution is 0.215. The quantitative estimate of drug-likeness (QED) is 0.890. The molecule has 1 heterocycles. The molecule has 0 aliphatic carbocycles. The van der Waals surface area contributed by atoms with Crippen LogP contribution in [0, 0.1) is 0 Å². The average Bonchev–Trinajstić information content (AvgIpc) is 2.28. The Bertz CT molecular complexity index is 467. The Morgan fingerprint density at radius 2 is 1.75 bits per heavy atom. The van der Waals surface area contributed by atoms with Gasteiger partial charge >= 0.3 is 0 Å². The van der Waals surface area contributed by atoms with Crippen LogP contribution in [0.25, 0.3) is 0 Å². The second-order valence-electron chi connectivity index (χ2n) is 3.36. The molecular formula is C12H9Cl2NO. The van der Waals surface area contributed by atoms with Crippen molar-refractivity contribution in [3.05, 3.63) is 63.9 Å². The summed E-state index contributed by atoms with van der Waals surface area (Å²) in [4.78, 5) is 4.08. The van der Waals surface area contributed by atoms with Crippen molar-refractivity contribution >= 4 is 23.2 Å². The molecule has 1 atom stereocenters. The number of halogens is 2. The number of pyridine rings is 1. The van der Waals surface area contributed by atoms with Crippen LogP contribution < -0.4 is 0 Å². The van der Waals surface area contributed by atoms with Crippen LogP contribution >= 0.6 is 23.2 Å². The van der Waals surface area contributed by atoms with E-state index < -0.39 is 6.10 Å². The second-order valence-corrected chi connectivity index (χ2v) is 4.23. The fourth-order valence-electron chi connectivity index (χ4n) is 1.44. The molecular weight excluding hydrogens is 245 g/mol. The molecule has 82 valence electrons. The van der Waals surface area contributed by atoms with Crippen molar-refractivity contribution in [3.63, 3.8) is 0 Å². The Labute approximate surface area is 103 Å². The molecule has 0 radical (unpaired) electrons. The van der Waals surface area contributed by atoms with Gasteiger partial charge < -0.3 is 5.11 Å². The van der Waals surface area contributed by atoms with E-state index in [1.807, 2.05) is 6.07 Å². The summed E-state index contributed by atoms with van der Waals surface area (Å²) in [5, 5.41) is 11.1. The zero-order valence-corrected chi connectivity index (χ0v) is 9.78. The van der Waals surface area contributed by atoms with Gasteiger partial charge in [-0.15, -0.1) is 0 Å². The summed E-state index contributed by atoms with van der Waals surface area (Å²) in [6, 6.07) is 10.3. The maximum Gasteiger partial charge on any atom is 0.121 e. The van der Waals surface area contributed by atoms with Crippen LogP contribution in [0.15, 0.2) is 42.6 Å². The molecule has 0 aliphatic heterocycles. The van der Waals surface area contributed by atoms with E-state index >= 15 is 0 Å². The van der Waals surface area contributed by atoms with Crippen molar-refractivity contribution in [3.8, 4) is 0 Å². The molecule has 1 N–H and O–H groups in total. The predicted molar refractivity (Wildman–Crippen MR) is 64.8 cm³/mol. The van der Waals surface area contributed by atoms with Gasteiger partial charge in [0.05, 0.1) is 5.69 Å². The molecule has 0 saturated carbocycles. The maximum atomic E-state index is 10.1. The minimum absolute atomic E-state index is 0.498. The second kappa shape index (κ2) is 4.83. The monoisotopic (exact) mass is 253 g/mol. The molecule has 0 fully saturated rings. The maximum absolute atomic E-state index is 10.1. The van der Waals surface area contributed by atoms with E-state index in [1.54, 1.807) is 36.5 Å². The summed E-state index contributed by atoms with van der Waals surface area (Å²) >= 11 is 11.7. The lowest BCUT2D eigenvalue weighted by Gasteiger charge is -2.10. The molecule has 4 heteroatoms. The molecule has 0 amide bonds. The van der Waals surface area contributed by atoms with Gasteiger partial charge in [0.1, 0.15) is 6.10 Å². The molecule has 2 aromatic rings. The van der Waals surface area contributed by atoms with Crippen LogP contribution in [0.4, 0.5) is 0 Å². The van der Waals surface area contributed by atoms with Crippen LogP contribution in [0.3, 0.4) is 0 Å². The molecule has 0 aliphatic rings. The standard InChI is InChI=1S/C12H9Cl2NO/c13-9-5-8(6-10(14)7-9)12(16)11-3-1-2-4-15-11/h1-7,12,16H/t12-/m0/s1. The zero-order valence-electron chi connectivity index (χ0n) is 8.27. The first kappa shape index (κ1) is 11.4. The van der Waals surface area contributed by atoms with Crippen molar-refractivity contribution < 1.29 is 5.11 Å². The van der Waals surface area contributed by atoms with Crippen LogP contribution in [0.1, 0.15) is 17.4 Å². The SMILES string of the molecule is O[C@@H](c1cc(Cl)cc(Cl)c1)c1ccccn1. The minimum atomic E-state index is -0.808. The van der Waals surface area contributed by atoms with Gasteiger partial charge in [-0.3, -0.25) is 4.98 Å². The third kappa shape index (κ3) is 2.53. The minimum Gasteiger partial charge on any atom is -0.382 e. The van der Waals surface area contributed by atoms with Gasteiger partial charge in [0.25, 0.3) is 0 Å². The molecule has 0 saturated heterocycles. The average molecular weight is 254 g/mol. The topological polar surface area (TPSA) is 33.1 Å². The van der Waals surface area contributed by atoms with E-state index in [9.17, 15) is 5.11 Å². The fraction of sp³-hybridized carbons (Fsp3) is 0.0833. The van der Waals surface area contributed by atoms with Crippen LogP contribution in [0.5, 0.6) is 0 Å². The Hall–Kier alpha value is -1.09. The summed E-state index contributed by atoms with van der Waals surface area (Å²) in [7, 11) is 0. The Kier molecular flexibility index (Phi) is 3.44. The lowest BCUT2D eigenvalue weighted by atomic mass is 10.1. The van der Waals surface area contributed by atoms with E-state index in [4.69, 9.17) is 23.2 Å². The highest BCUT2D eigenvalue weighted by atomic mass is 35.5. The van der Waals surface area contributed by atoms with E-state index in [0.29, 0.717) is 21.3 Å². The lowest BCUT2D eigenvalue weighted by Crippen LogP contribution is -2.01. The Morgan fingerprint density at radius 3 is 2.31 bits per heavy atom. The van der Waals surface area contributed by atoms with E-state index in [2.05, 4.69) is 4.98 Å². The Morgan fingerprint density at radius 1 is 1.06 bits per heavy atom. The van der Waals surface area contributed by atoms with Gasteiger partial charge in [0.2, 0.25) is 0 Å². The van der Waals surface area contributed by atoms with Crippen molar-refractivity contribution in [2.45, 2.75) is 6.10 Å². The number of rotatable bonds is 2. The smallest absolute Gasteiger partial charge is 0.121 e.